The number of nitrogens with zero attached hydrogens (tertiary/aromatic N) is 3. The van der Waals surface area contributed by atoms with Crippen molar-refractivity contribution in [1.29, 1.82) is 5.26 Å². The molecule has 0 bridgehead atoms. The summed E-state index contributed by atoms with van der Waals surface area (Å²) in [5, 5.41) is 9.17. The van der Waals surface area contributed by atoms with E-state index in [1.807, 2.05) is 0 Å². The molecule has 0 fully saturated rings. The monoisotopic (exact) mass is 363 g/mol. The van der Waals surface area contributed by atoms with E-state index in [9.17, 15) is 9.65 Å². The average molecular weight is 365 g/mol. The topological polar surface area (TPSA) is 41.6 Å². The molecular formula is C15H8BrClFN3. The van der Waals surface area contributed by atoms with Crippen LogP contribution < -0.4 is 0 Å². The summed E-state index contributed by atoms with van der Waals surface area (Å²) in [7, 11) is 0. The van der Waals surface area contributed by atoms with E-state index in [4.69, 9.17) is 11.6 Å². The molecule has 0 saturated carbocycles. The third kappa shape index (κ3) is 2.21. The summed E-state index contributed by atoms with van der Waals surface area (Å²) >= 11 is 9.31. The second kappa shape index (κ2) is 5.47. The van der Waals surface area contributed by atoms with Crippen molar-refractivity contribution in [2.24, 2.45) is 0 Å². The number of nitriles is 1. The number of fused-ring (bicyclic) bond motifs is 1. The van der Waals surface area contributed by atoms with Crippen LogP contribution in [0.1, 0.15) is 11.4 Å². The molecule has 0 spiro atoms. The van der Waals surface area contributed by atoms with Crippen LogP contribution in [0.2, 0.25) is 0 Å². The number of halogens is 3. The van der Waals surface area contributed by atoms with Gasteiger partial charge < -0.3 is 0 Å². The van der Waals surface area contributed by atoms with Crippen LogP contribution in [-0.4, -0.2) is 9.55 Å². The van der Waals surface area contributed by atoms with E-state index in [-0.39, 0.29) is 5.88 Å². The van der Waals surface area contributed by atoms with Gasteiger partial charge in [-0.05, 0) is 40.2 Å². The highest BCUT2D eigenvalue weighted by Gasteiger charge is 2.18. The minimum atomic E-state index is -0.391. The predicted molar refractivity (Wildman–Crippen MR) is 83.0 cm³/mol. The van der Waals surface area contributed by atoms with E-state index in [0.717, 1.165) is 0 Å². The zero-order chi connectivity index (χ0) is 15.0. The summed E-state index contributed by atoms with van der Waals surface area (Å²) in [6, 6.07) is 12.0. The Hall–Kier alpha value is -1.90. The van der Waals surface area contributed by atoms with E-state index in [2.05, 4.69) is 27.0 Å². The Balaban J connectivity index is 2.45. The van der Waals surface area contributed by atoms with Crippen LogP contribution in [0.15, 0.2) is 40.9 Å². The second-order valence-corrected chi connectivity index (χ2v) is 5.47. The third-order valence-electron chi connectivity index (χ3n) is 3.16. The predicted octanol–water partition coefficient (Wildman–Crippen LogP) is 4.54. The quantitative estimate of drug-likeness (QED) is 0.627. The molecule has 0 aliphatic heterocycles. The van der Waals surface area contributed by atoms with Crippen LogP contribution in [0.4, 0.5) is 4.39 Å². The van der Waals surface area contributed by atoms with Gasteiger partial charge in [-0.15, -0.1) is 11.6 Å². The summed E-state index contributed by atoms with van der Waals surface area (Å²) in [4.78, 5) is 4.38. The molecule has 0 aliphatic rings. The molecule has 1 aromatic heterocycles. The first-order valence-corrected chi connectivity index (χ1v) is 7.41. The third-order valence-corrected chi connectivity index (χ3v) is 4.03. The van der Waals surface area contributed by atoms with E-state index >= 15 is 0 Å². The SMILES string of the molecule is N#Cc1cccc2c1nc(CCl)n2-c1c(F)cccc1Br. The molecule has 2 aromatic carbocycles. The largest absolute Gasteiger partial charge is 0.291 e. The minimum absolute atomic E-state index is 0.111. The van der Waals surface area contributed by atoms with Crippen LogP contribution in [0.3, 0.4) is 0 Å². The van der Waals surface area contributed by atoms with Gasteiger partial charge in [0.2, 0.25) is 0 Å². The van der Waals surface area contributed by atoms with Crippen LogP contribution in [0.5, 0.6) is 0 Å². The fourth-order valence-electron chi connectivity index (χ4n) is 2.28. The average Bonchev–Trinajstić information content (AvgIpc) is 2.86. The van der Waals surface area contributed by atoms with Crippen molar-refractivity contribution in [3.8, 4) is 11.8 Å². The van der Waals surface area contributed by atoms with Gasteiger partial charge in [-0.3, -0.25) is 4.57 Å². The molecule has 3 nitrogen and oxygen atoms in total. The van der Waals surface area contributed by atoms with Gasteiger partial charge in [-0.1, -0.05) is 12.1 Å². The molecule has 6 heteroatoms. The first-order valence-electron chi connectivity index (χ1n) is 6.08. The molecule has 3 rings (SSSR count). The van der Waals surface area contributed by atoms with Crippen molar-refractivity contribution in [2.45, 2.75) is 5.88 Å². The van der Waals surface area contributed by atoms with Gasteiger partial charge in [0.05, 0.1) is 22.6 Å². The molecule has 0 unspecified atom stereocenters. The summed E-state index contributed by atoms with van der Waals surface area (Å²) < 4.78 is 16.5. The van der Waals surface area contributed by atoms with Crippen molar-refractivity contribution < 1.29 is 4.39 Å². The number of aromatic nitrogens is 2. The highest BCUT2D eigenvalue weighted by molar-refractivity contribution is 9.10. The van der Waals surface area contributed by atoms with E-state index in [1.165, 1.54) is 6.07 Å². The van der Waals surface area contributed by atoms with Crippen molar-refractivity contribution in [1.82, 2.24) is 9.55 Å². The van der Waals surface area contributed by atoms with Crippen molar-refractivity contribution in [3.63, 3.8) is 0 Å². The van der Waals surface area contributed by atoms with Crippen LogP contribution in [-0.2, 0) is 5.88 Å². The lowest BCUT2D eigenvalue weighted by Gasteiger charge is -2.11. The van der Waals surface area contributed by atoms with Gasteiger partial charge in [-0.25, -0.2) is 9.37 Å². The number of hydrogen-bond donors (Lipinski definition) is 0. The summed E-state index contributed by atoms with van der Waals surface area (Å²) in [5.74, 6) is 0.206. The maximum absolute atomic E-state index is 14.3. The number of alkyl halides is 1. The maximum Gasteiger partial charge on any atom is 0.148 e. The molecule has 21 heavy (non-hydrogen) atoms. The Kier molecular flexibility index (Phi) is 3.66. The molecular weight excluding hydrogens is 357 g/mol. The number of para-hydroxylation sites is 2. The normalized spacial score (nSPS) is 10.8. The summed E-state index contributed by atoms with van der Waals surface area (Å²) in [6.45, 7) is 0. The van der Waals surface area contributed by atoms with Crippen LogP contribution >= 0.6 is 27.5 Å². The Morgan fingerprint density at radius 1 is 1.29 bits per heavy atom. The minimum Gasteiger partial charge on any atom is -0.291 e. The second-order valence-electron chi connectivity index (χ2n) is 4.35. The Labute approximate surface area is 133 Å². The number of rotatable bonds is 2. The molecule has 0 amide bonds. The highest BCUT2D eigenvalue weighted by atomic mass is 79.9. The maximum atomic E-state index is 14.3. The van der Waals surface area contributed by atoms with Crippen molar-refractivity contribution in [2.75, 3.05) is 0 Å². The Bertz CT molecular complexity index is 862. The number of hydrogen-bond acceptors (Lipinski definition) is 2. The van der Waals surface area contributed by atoms with Crippen molar-refractivity contribution >= 4 is 38.6 Å². The van der Waals surface area contributed by atoms with E-state index in [1.54, 1.807) is 34.9 Å². The van der Waals surface area contributed by atoms with E-state index < -0.39 is 5.82 Å². The molecule has 3 aromatic rings. The van der Waals surface area contributed by atoms with Crippen molar-refractivity contribution in [3.05, 3.63) is 58.1 Å². The van der Waals surface area contributed by atoms with Gasteiger partial charge in [0.15, 0.2) is 0 Å². The molecule has 104 valence electrons. The Morgan fingerprint density at radius 2 is 2.05 bits per heavy atom. The number of imidazole rings is 1. The highest BCUT2D eigenvalue weighted by Crippen LogP contribution is 2.30. The first-order chi connectivity index (χ1) is 10.2. The molecule has 1 heterocycles. The fourth-order valence-corrected chi connectivity index (χ4v) is 2.98. The molecule has 0 saturated heterocycles. The molecule has 0 N–H and O–H groups in total. The lowest BCUT2D eigenvalue weighted by Crippen LogP contribution is -2.03. The zero-order valence-corrected chi connectivity index (χ0v) is 13.0. The van der Waals surface area contributed by atoms with Crippen LogP contribution in [0, 0.1) is 17.1 Å². The fraction of sp³-hybridized carbons (Fsp3) is 0.0667. The molecule has 0 radical (unpaired) electrons. The summed E-state index contributed by atoms with van der Waals surface area (Å²) in [5.41, 5.74) is 1.94. The Morgan fingerprint density at radius 3 is 2.71 bits per heavy atom. The van der Waals surface area contributed by atoms with Gasteiger partial charge in [0.1, 0.15) is 23.2 Å². The summed E-state index contributed by atoms with van der Waals surface area (Å²) in [6.07, 6.45) is 0. The van der Waals surface area contributed by atoms with Gasteiger partial charge >= 0.3 is 0 Å². The standard InChI is InChI=1S/C15H8BrClFN3/c16-10-4-2-5-11(18)15(10)21-12-6-1-3-9(8-19)14(12)20-13(21)7-17/h1-6H,7H2. The van der Waals surface area contributed by atoms with Gasteiger partial charge in [0, 0.05) is 4.47 Å². The van der Waals surface area contributed by atoms with E-state index in [0.29, 0.717) is 32.6 Å². The van der Waals surface area contributed by atoms with Gasteiger partial charge in [-0.2, -0.15) is 5.26 Å². The number of benzene rings is 2. The molecule has 0 atom stereocenters. The lowest BCUT2D eigenvalue weighted by atomic mass is 10.2. The van der Waals surface area contributed by atoms with Crippen LogP contribution in [0.25, 0.3) is 16.7 Å². The zero-order valence-electron chi connectivity index (χ0n) is 10.6. The lowest BCUT2D eigenvalue weighted by molar-refractivity contribution is 0.616. The smallest absolute Gasteiger partial charge is 0.148 e. The molecule has 0 aliphatic carbocycles. The van der Waals surface area contributed by atoms with Gasteiger partial charge in [0.25, 0.3) is 0 Å². The first kappa shape index (κ1) is 14.1.